The van der Waals surface area contributed by atoms with Gasteiger partial charge >= 0.3 is 12.1 Å². The van der Waals surface area contributed by atoms with Crippen molar-refractivity contribution in [2.45, 2.75) is 77.1 Å². The minimum Gasteiger partial charge on any atom is -0.492 e. The second-order valence-corrected chi connectivity index (χ2v) is 15.4. The number of nitrogens with zero attached hydrogens (tertiary/aromatic N) is 4. The number of methoxy groups -OCH3 is 1. The minimum absolute atomic E-state index is 0.0128. The Hall–Kier alpha value is -5.66. The normalized spacial score (nSPS) is 18.2. The van der Waals surface area contributed by atoms with Gasteiger partial charge in [-0.15, -0.1) is 0 Å². The van der Waals surface area contributed by atoms with Crippen molar-refractivity contribution in [3.8, 4) is 5.75 Å². The molecule has 1 saturated heterocycles. The van der Waals surface area contributed by atoms with Crippen molar-refractivity contribution in [1.82, 2.24) is 19.4 Å². The van der Waals surface area contributed by atoms with Crippen molar-refractivity contribution < 1.29 is 37.8 Å². The monoisotopic (exact) mass is 755 g/mol. The summed E-state index contributed by atoms with van der Waals surface area (Å²) in [5.74, 6) is -2.31. The highest BCUT2D eigenvalue weighted by molar-refractivity contribution is 6.08. The largest absolute Gasteiger partial charge is 0.492 e. The molecule has 0 bridgehead atoms. The predicted octanol–water partition coefficient (Wildman–Crippen LogP) is 5.42. The highest BCUT2D eigenvalue weighted by Crippen LogP contribution is 2.44. The highest BCUT2D eigenvalue weighted by Gasteiger charge is 2.36. The van der Waals surface area contributed by atoms with Crippen LogP contribution in [0.15, 0.2) is 59.5 Å². The number of benzene rings is 2. The number of ether oxygens (including phenoxy) is 3. The summed E-state index contributed by atoms with van der Waals surface area (Å²) in [4.78, 5) is 69.7. The molecule has 1 N–H and O–H groups in total. The van der Waals surface area contributed by atoms with Crippen molar-refractivity contribution in [2.24, 2.45) is 0 Å². The average molecular weight is 756 g/mol. The van der Waals surface area contributed by atoms with Gasteiger partial charge in [0.15, 0.2) is 11.6 Å². The summed E-state index contributed by atoms with van der Waals surface area (Å²) in [6, 6.07) is 13.3. The van der Waals surface area contributed by atoms with Crippen LogP contribution in [0.2, 0.25) is 0 Å². The Morgan fingerprint density at radius 3 is 2.40 bits per heavy atom. The van der Waals surface area contributed by atoms with Gasteiger partial charge in [-0.1, -0.05) is 30.3 Å². The Morgan fingerprint density at radius 2 is 1.73 bits per heavy atom. The smallest absolute Gasteiger partial charge is 0.410 e. The zero-order chi connectivity index (χ0) is 39.2. The van der Waals surface area contributed by atoms with Crippen molar-refractivity contribution in [2.75, 3.05) is 44.8 Å². The number of rotatable bonds is 10. The van der Waals surface area contributed by atoms with E-state index in [0.29, 0.717) is 55.1 Å². The summed E-state index contributed by atoms with van der Waals surface area (Å²) in [6.45, 7) is 8.50. The molecule has 3 aliphatic rings. The van der Waals surface area contributed by atoms with Gasteiger partial charge in [0.2, 0.25) is 11.2 Å². The maximum atomic E-state index is 16.1. The first kappa shape index (κ1) is 37.6. The number of anilines is 1. The van der Waals surface area contributed by atoms with Gasteiger partial charge in [0, 0.05) is 55.7 Å². The van der Waals surface area contributed by atoms with Gasteiger partial charge in [-0.25, -0.2) is 9.18 Å². The fourth-order valence-electron chi connectivity index (χ4n) is 7.62. The summed E-state index contributed by atoms with van der Waals surface area (Å²) in [5.41, 5.74) is 0.895. The zero-order valence-electron chi connectivity index (χ0n) is 31.7. The molecule has 4 heterocycles. The summed E-state index contributed by atoms with van der Waals surface area (Å²) < 4.78 is 36.7. The first-order chi connectivity index (χ1) is 26.3. The molecule has 2 aromatic carbocycles. The van der Waals surface area contributed by atoms with Crippen LogP contribution >= 0.6 is 0 Å². The summed E-state index contributed by atoms with van der Waals surface area (Å²) in [6.07, 6.45) is 3.16. The standard InChI is InChI=1S/C41H46FN5O8/c1-24-22-44(18-19-45(24)40(52)55-41(2,3)4)34-30(42)21-28-33(37(34)53-5)47(26-11-12-26)23-29(36(28)49)38(50)43-16-20-54-39(51)27-15-17-46-31(27)13-14-32(46)35(48)25-9-7-6-8-10-25/h6-10,13-14,21,23-24,26-27H,11-12,15-20,22H2,1-5H3,(H,43,50). The molecule has 2 atom stereocenters. The fraction of sp³-hybridized carbons (Fsp3) is 0.439. The van der Waals surface area contributed by atoms with Gasteiger partial charge in [0.05, 0.1) is 36.2 Å². The van der Waals surface area contributed by atoms with Crippen LogP contribution < -0.4 is 20.4 Å². The molecule has 14 heteroatoms. The maximum absolute atomic E-state index is 16.1. The summed E-state index contributed by atoms with van der Waals surface area (Å²) in [5, 5.41) is 2.69. The average Bonchev–Trinajstić information content (AvgIpc) is 3.78. The molecule has 7 rings (SSSR count). The van der Waals surface area contributed by atoms with Crippen LogP contribution in [0.3, 0.4) is 0 Å². The number of nitrogens with one attached hydrogen (secondary N) is 1. The molecule has 55 heavy (non-hydrogen) atoms. The number of esters is 1. The SMILES string of the molecule is COc1c(N2CCN(C(=O)OC(C)(C)C)C(C)C2)c(F)cc2c(=O)c(C(=O)NCCOC(=O)C3CCn4c(C(=O)c5ccccc5)ccc43)cn(C3CC3)c12. The lowest BCUT2D eigenvalue weighted by atomic mass is 10.1. The molecule has 13 nitrogen and oxygen atoms in total. The summed E-state index contributed by atoms with van der Waals surface area (Å²) >= 11 is 0. The van der Waals surface area contributed by atoms with Crippen LogP contribution in [-0.2, 0) is 20.8 Å². The fourth-order valence-corrected chi connectivity index (χ4v) is 7.62. The Labute approximate surface area is 317 Å². The highest BCUT2D eigenvalue weighted by atomic mass is 19.1. The van der Waals surface area contributed by atoms with E-state index in [2.05, 4.69) is 5.32 Å². The molecule has 1 aliphatic carbocycles. The van der Waals surface area contributed by atoms with Crippen molar-refractivity contribution >= 4 is 40.3 Å². The number of piperazine rings is 1. The zero-order valence-corrected chi connectivity index (χ0v) is 31.7. The molecule has 2 aliphatic heterocycles. The third-order valence-corrected chi connectivity index (χ3v) is 10.4. The van der Waals surface area contributed by atoms with E-state index >= 15 is 4.39 Å². The van der Waals surface area contributed by atoms with E-state index in [1.54, 1.807) is 62.1 Å². The number of amides is 2. The molecule has 0 spiro atoms. The number of fused-ring (bicyclic) bond motifs is 2. The van der Waals surface area contributed by atoms with Crippen LogP contribution in [0.5, 0.6) is 5.75 Å². The third-order valence-electron chi connectivity index (χ3n) is 10.4. The second kappa shape index (κ2) is 14.9. The lowest BCUT2D eigenvalue weighted by Crippen LogP contribution is -2.55. The quantitative estimate of drug-likeness (QED) is 0.128. The number of hydrogen-bond acceptors (Lipinski definition) is 9. The van der Waals surface area contributed by atoms with E-state index in [0.717, 1.165) is 18.9 Å². The van der Waals surface area contributed by atoms with Crippen LogP contribution in [0, 0.1) is 5.82 Å². The number of pyridine rings is 1. The van der Waals surface area contributed by atoms with Crippen LogP contribution in [0.25, 0.3) is 10.9 Å². The molecule has 4 aromatic rings. The van der Waals surface area contributed by atoms with Crippen LogP contribution in [-0.4, -0.2) is 89.3 Å². The van der Waals surface area contributed by atoms with Crippen molar-refractivity contribution in [3.63, 3.8) is 0 Å². The van der Waals surface area contributed by atoms with Crippen LogP contribution in [0.4, 0.5) is 14.9 Å². The summed E-state index contributed by atoms with van der Waals surface area (Å²) in [7, 11) is 1.42. The van der Waals surface area contributed by atoms with Gasteiger partial charge in [-0.2, -0.15) is 0 Å². The lowest BCUT2D eigenvalue weighted by molar-refractivity contribution is -0.145. The van der Waals surface area contributed by atoms with Gasteiger partial charge < -0.3 is 38.5 Å². The van der Waals surface area contributed by atoms with E-state index in [1.165, 1.54) is 13.3 Å². The molecule has 0 radical (unpaired) electrons. The first-order valence-corrected chi connectivity index (χ1v) is 18.7. The van der Waals surface area contributed by atoms with Gasteiger partial charge in [-0.05, 0) is 65.2 Å². The minimum atomic E-state index is -0.680. The topological polar surface area (TPSA) is 141 Å². The van der Waals surface area contributed by atoms with Crippen LogP contribution in [0.1, 0.15) is 91.0 Å². The Balaban J connectivity index is 1.04. The Kier molecular flexibility index (Phi) is 10.2. The van der Waals surface area contributed by atoms with Crippen molar-refractivity contribution in [3.05, 3.63) is 93.3 Å². The molecular formula is C41H46FN5O8. The van der Waals surface area contributed by atoms with Gasteiger partial charge in [0.1, 0.15) is 23.5 Å². The number of carbonyl (C=O) groups is 4. The van der Waals surface area contributed by atoms with E-state index in [9.17, 15) is 24.0 Å². The first-order valence-electron chi connectivity index (χ1n) is 18.7. The maximum Gasteiger partial charge on any atom is 0.410 e. The molecule has 2 amide bonds. The second-order valence-electron chi connectivity index (χ2n) is 15.4. The molecule has 290 valence electrons. The predicted molar refractivity (Wildman–Crippen MR) is 203 cm³/mol. The van der Waals surface area contributed by atoms with Crippen molar-refractivity contribution in [1.29, 1.82) is 0 Å². The molecule has 1 saturated carbocycles. The number of carbonyl (C=O) groups excluding carboxylic acids is 4. The number of ketones is 1. The lowest BCUT2D eigenvalue weighted by Gasteiger charge is -2.41. The van der Waals surface area contributed by atoms with E-state index in [-0.39, 0.29) is 53.4 Å². The molecule has 2 aromatic heterocycles. The molecule has 2 fully saturated rings. The number of aromatic nitrogens is 2. The van der Waals surface area contributed by atoms with Gasteiger partial charge in [-0.3, -0.25) is 19.2 Å². The third kappa shape index (κ3) is 7.41. The Bertz CT molecular complexity index is 2220. The number of hydrogen-bond donors (Lipinski definition) is 1. The van der Waals surface area contributed by atoms with E-state index in [1.807, 2.05) is 27.0 Å². The number of halogens is 1. The van der Waals surface area contributed by atoms with Gasteiger partial charge in [0.25, 0.3) is 5.91 Å². The molecular weight excluding hydrogens is 709 g/mol. The molecule has 2 unspecified atom stereocenters. The van der Waals surface area contributed by atoms with E-state index in [4.69, 9.17) is 14.2 Å². The Morgan fingerprint density at radius 1 is 0.982 bits per heavy atom. The van der Waals surface area contributed by atoms with E-state index < -0.39 is 40.7 Å².